The molecule has 0 radical (unpaired) electrons. The van der Waals surface area contributed by atoms with Crippen molar-refractivity contribution in [1.82, 2.24) is 0 Å². The second-order valence-corrected chi connectivity index (χ2v) is 3.96. The Morgan fingerprint density at radius 1 is 1.36 bits per heavy atom. The second kappa shape index (κ2) is 6.02. The third kappa shape index (κ3) is 3.29. The molecule has 0 fully saturated rings. The number of halogens is 2. The van der Waals surface area contributed by atoms with Gasteiger partial charge in [-0.15, -0.1) is 0 Å². The lowest BCUT2D eigenvalue weighted by atomic mass is 10.3. The number of hydrogen-bond donors (Lipinski definition) is 0. The molecule has 0 aliphatic rings. The molecule has 14 heavy (non-hydrogen) atoms. The maximum Gasteiger partial charge on any atom is 0.169 e. The molecule has 1 aromatic carbocycles. The van der Waals surface area contributed by atoms with E-state index in [4.69, 9.17) is 4.74 Å². The predicted molar refractivity (Wildman–Crippen MR) is 59.1 cm³/mol. The number of para-hydroxylation sites is 1. The van der Waals surface area contributed by atoms with E-state index in [0.717, 1.165) is 19.3 Å². The molecule has 0 aromatic heterocycles. The summed E-state index contributed by atoms with van der Waals surface area (Å²) in [5.41, 5.74) is 0. The van der Waals surface area contributed by atoms with Gasteiger partial charge in [-0.2, -0.15) is 0 Å². The van der Waals surface area contributed by atoms with E-state index in [1.54, 1.807) is 12.1 Å². The van der Waals surface area contributed by atoms with Crippen molar-refractivity contribution in [2.24, 2.45) is 0 Å². The average Bonchev–Trinajstić information content (AvgIpc) is 2.16. The first-order chi connectivity index (χ1) is 6.75. The Hall–Kier alpha value is -0.570. The zero-order chi connectivity index (χ0) is 10.4. The Morgan fingerprint density at radius 2 is 2.14 bits per heavy atom. The molecule has 3 heteroatoms. The molecule has 0 saturated carbocycles. The molecule has 1 rings (SSSR count). The van der Waals surface area contributed by atoms with Crippen molar-refractivity contribution >= 4 is 15.9 Å². The van der Waals surface area contributed by atoms with Crippen molar-refractivity contribution in [2.75, 3.05) is 6.61 Å². The Balaban J connectivity index is 2.49. The van der Waals surface area contributed by atoms with Gasteiger partial charge < -0.3 is 4.74 Å². The predicted octanol–water partition coefficient (Wildman–Crippen LogP) is 4.16. The van der Waals surface area contributed by atoms with E-state index in [9.17, 15) is 4.39 Å². The molecule has 0 unspecified atom stereocenters. The summed E-state index contributed by atoms with van der Waals surface area (Å²) in [4.78, 5) is 0. The minimum absolute atomic E-state index is 0.309. The lowest BCUT2D eigenvalue weighted by molar-refractivity contribution is 0.289. The minimum Gasteiger partial charge on any atom is -0.489 e. The van der Waals surface area contributed by atoms with E-state index in [1.165, 1.54) is 6.07 Å². The van der Waals surface area contributed by atoms with Crippen LogP contribution in [-0.4, -0.2) is 6.61 Å². The van der Waals surface area contributed by atoms with E-state index in [2.05, 4.69) is 22.9 Å². The highest BCUT2D eigenvalue weighted by molar-refractivity contribution is 9.10. The topological polar surface area (TPSA) is 9.23 Å². The van der Waals surface area contributed by atoms with Gasteiger partial charge in [-0.3, -0.25) is 0 Å². The van der Waals surface area contributed by atoms with E-state index in [0.29, 0.717) is 16.8 Å². The van der Waals surface area contributed by atoms with Crippen LogP contribution in [0.4, 0.5) is 4.39 Å². The molecule has 1 aromatic rings. The van der Waals surface area contributed by atoms with Crippen LogP contribution in [0.25, 0.3) is 0 Å². The van der Waals surface area contributed by atoms with Crippen LogP contribution in [-0.2, 0) is 0 Å². The molecule has 0 N–H and O–H groups in total. The molecular weight excluding hydrogens is 247 g/mol. The summed E-state index contributed by atoms with van der Waals surface area (Å²) >= 11 is 3.25. The van der Waals surface area contributed by atoms with Crippen LogP contribution in [0.5, 0.6) is 5.75 Å². The molecular formula is C11H14BrFO. The van der Waals surface area contributed by atoms with Crippen LogP contribution in [0.1, 0.15) is 26.2 Å². The summed E-state index contributed by atoms with van der Waals surface area (Å²) in [5, 5.41) is 0. The quantitative estimate of drug-likeness (QED) is 0.723. The highest BCUT2D eigenvalue weighted by Gasteiger charge is 2.06. The molecule has 78 valence electrons. The van der Waals surface area contributed by atoms with Crippen LogP contribution in [0.15, 0.2) is 22.7 Å². The van der Waals surface area contributed by atoms with Crippen LogP contribution in [0.2, 0.25) is 0 Å². The highest BCUT2D eigenvalue weighted by atomic mass is 79.9. The van der Waals surface area contributed by atoms with Crippen molar-refractivity contribution < 1.29 is 9.13 Å². The number of hydrogen-bond acceptors (Lipinski definition) is 1. The molecule has 1 nitrogen and oxygen atoms in total. The first-order valence-corrected chi connectivity index (χ1v) is 5.61. The number of ether oxygens (including phenoxy) is 1. The zero-order valence-corrected chi connectivity index (χ0v) is 9.81. The van der Waals surface area contributed by atoms with Gasteiger partial charge in [0.2, 0.25) is 0 Å². The van der Waals surface area contributed by atoms with Gasteiger partial charge in [-0.1, -0.05) is 25.8 Å². The molecule has 0 bridgehead atoms. The first kappa shape index (κ1) is 11.5. The van der Waals surface area contributed by atoms with Gasteiger partial charge in [0.15, 0.2) is 11.6 Å². The summed E-state index contributed by atoms with van der Waals surface area (Å²) in [6.45, 7) is 2.70. The molecule has 0 amide bonds. The standard InChI is InChI=1S/C11H14BrFO/c1-2-3-4-8-14-11-9(12)6-5-7-10(11)13/h5-7H,2-4,8H2,1H3. The lowest BCUT2D eigenvalue weighted by Crippen LogP contribution is -1.99. The fourth-order valence-electron chi connectivity index (χ4n) is 1.15. The van der Waals surface area contributed by atoms with Gasteiger partial charge >= 0.3 is 0 Å². The van der Waals surface area contributed by atoms with Gasteiger partial charge in [-0.25, -0.2) is 4.39 Å². The van der Waals surface area contributed by atoms with Crippen molar-refractivity contribution in [1.29, 1.82) is 0 Å². The summed E-state index contributed by atoms with van der Waals surface area (Å²) in [6.07, 6.45) is 3.23. The maximum atomic E-state index is 13.2. The van der Waals surface area contributed by atoms with E-state index >= 15 is 0 Å². The third-order valence-corrected chi connectivity index (χ3v) is 2.54. The van der Waals surface area contributed by atoms with Gasteiger partial charge in [-0.05, 0) is 34.5 Å². The second-order valence-electron chi connectivity index (χ2n) is 3.11. The first-order valence-electron chi connectivity index (χ1n) is 4.82. The molecule has 0 spiro atoms. The summed E-state index contributed by atoms with van der Waals surface area (Å²) < 4.78 is 19.2. The molecule has 0 aliphatic heterocycles. The normalized spacial score (nSPS) is 10.2. The summed E-state index contributed by atoms with van der Waals surface area (Å²) in [6, 6.07) is 4.83. The van der Waals surface area contributed by atoms with E-state index in [-0.39, 0.29) is 5.82 Å². The Labute approximate surface area is 92.4 Å². The molecule has 0 heterocycles. The Morgan fingerprint density at radius 3 is 2.79 bits per heavy atom. The van der Waals surface area contributed by atoms with Gasteiger partial charge in [0.05, 0.1) is 11.1 Å². The fourth-order valence-corrected chi connectivity index (χ4v) is 1.60. The Kier molecular flexibility index (Phi) is 4.94. The monoisotopic (exact) mass is 260 g/mol. The van der Waals surface area contributed by atoms with Crippen molar-refractivity contribution in [3.05, 3.63) is 28.5 Å². The minimum atomic E-state index is -0.309. The summed E-state index contributed by atoms with van der Waals surface area (Å²) in [5.74, 6) is 0.0134. The number of rotatable bonds is 5. The zero-order valence-electron chi connectivity index (χ0n) is 8.22. The van der Waals surface area contributed by atoms with Gasteiger partial charge in [0.1, 0.15) is 0 Å². The largest absolute Gasteiger partial charge is 0.489 e. The van der Waals surface area contributed by atoms with Crippen LogP contribution in [0, 0.1) is 5.82 Å². The summed E-state index contributed by atoms with van der Waals surface area (Å²) in [7, 11) is 0. The molecule has 0 saturated heterocycles. The van der Waals surface area contributed by atoms with Gasteiger partial charge in [0, 0.05) is 0 Å². The smallest absolute Gasteiger partial charge is 0.169 e. The number of unbranched alkanes of at least 4 members (excludes halogenated alkanes) is 2. The highest BCUT2D eigenvalue weighted by Crippen LogP contribution is 2.27. The lowest BCUT2D eigenvalue weighted by Gasteiger charge is -2.08. The van der Waals surface area contributed by atoms with Crippen LogP contribution >= 0.6 is 15.9 Å². The average molecular weight is 261 g/mol. The van der Waals surface area contributed by atoms with E-state index < -0.39 is 0 Å². The van der Waals surface area contributed by atoms with Crippen molar-refractivity contribution in [3.8, 4) is 5.75 Å². The molecule has 0 aliphatic carbocycles. The third-order valence-electron chi connectivity index (χ3n) is 1.91. The van der Waals surface area contributed by atoms with Gasteiger partial charge in [0.25, 0.3) is 0 Å². The van der Waals surface area contributed by atoms with Crippen LogP contribution in [0.3, 0.4) is 0 Å². The van der Waals surface area contributed by atoms with Crippen molar-refractivity contribution in [3.63, 3.8) is 0 Å². The maximum absolute atomic E-state index is 13.2. The Bertz CT molecular complexity index is 268. The number of benzene rings is 1. The fraction of sp³-hybridized carbons (Fsp3) is 0.455. The SMILES string of the molecule is CCCCCOc1c(F)cccc1Br. The molecule has 0 atom stereocenters. The van der Waals surface area contributed by atoms with Crippen molar-refractivity contribution in [2.45, 2.75) is 26.2 Å². The van der Waals surface area contributed by atoms with Crippen LogP contribution < -0.4 is 4.74 Å². The van der Waals surface area contributed by atoms with E-state index in [1.807, 2.05) is 0 Å².